The number of phenols is 2. The zero-order valence-electron chi connectivity index (χ0n) is 36.3. The van der Waals surface area contributed by atoms with Gasteiger partial charge in [-0.2, -0.15) is 33.7 Å². The van der Waals surface area contributed by atoms with Gasteiger partial charge in [-0.1, -0.05) is 0 Å². The van der Waals surface area contributed by atoms with Gasteiger partial charge in [-0.25, -0.2) is 9.48 Å². The van der Waals surface area contributed by atoms with Crippen LogP contribution in [0.2, 0.25) is 0 Å². The Morgan fingerprint density at radius 2 is 1.08 bits per heavy atom. The van der Waals surface area contributed by atoms with E-state index in [4.69, 9.17) is 9.47 Å². The molecule has 1 heterocycles. The molecule has 6 aromatic rings. The largest absolute Gasteiger partial charge is 0.505 e. The van der Waals surface area contributed by atoms with Crippen molar-refractivity contribution >= 4 is 103 Å². The third-order valence-corrected chi connectivity index (χ3v) is 12.8. The molecular weight excluding hydrogens is 1060 g/mol. The Labute approximate surface area is 408 Å². The summed E-state index contributed by atoms with van der Waals surface area (Å²) >= 11 is 0. The number of hydrogen-bond acceptors (Lipinski definition) is 23. The van der Waals surface area contributed by atoms with Crippen molar-refractivity contribution in [2.75, 3.05) is 31.7 Å². The summed E-state index contributed by atoms with van der Waals surface area (Å²) in [6.07, 6.45) is 0. The topological polar surface area (TPSA) is 495 Å². The summed E-state index contributed by atoms with van der Waals surface area (Å²) in [6, 6.07) is 9.37. The smallest absolute Gasteiger partial charge is 0.356 e. The predicted molar refractivity (Wildman–Crippen MR) is 245 cm³/mol. The van der Waals surface area contributed by atoms with E-state index in [-0.39, 0.29) is 11.4 Å². The number of carbonyl (C=O) groups excluding carboxylic acids is 1. The highest BCUT2D eigenvalue weighted by Crippen LogP contribution is 2.51. The van der Waals surface area contributed by atoms with Crippen molar-refractivity contribution in [3.05, 3.63) is 82.8 Å². The predicted octanol–water partition coefficient (Wildman–Crippen LogP) is 4.36. The number of aliphatic hydroxyl groups excluding tert-OH is 2. The quantitative estimate of drug-likeness (QED) is 0.0396. The number of carbonyl (C=O) groups is 2. The number of nitrogens with one attached hydrogen (secondary N) is 2. The minimum Gasteiger partial charge on any atom is -0.505 e. The molecule has 1 aromatic heterocycles. The number of phenolic OH excluding ortho intramolecular Hbond substituents is 2. The zero-order chi connectivity index (χ0) is 54.0. The fourth-order valence-corrected chi connectivity index (χ4v) is 8.74. The van der Waals surface area contributed by atoms with Gasteiger partial charge >= 0.3 is 5.97 Å². The number of carboxylic acid groups (broad SMARTS) is 1. The molecule has 35 heteroatoms. The molecule has 386 valence electrons. The highest BCUT2D eigenvalue weighted by atomic mass is 32.2. The average Bonchev–Trinajstić information content (AvgIpc) is 3.63. The van der Waals surface area contributed by atoms with Crippen LogP contribution in [0.3, 0.4) is 0 Å². The van der Waals surface area contributed by atoms with Gasteiger partial charge in [-0.3, -0.25) is 32.9 Å². The number of aromatic carboxylic acids is 1. The van der Waals surface area contributed by atoms with Crippen LogP contribution in [0, 0.1) is 0 Å². The van der Waals surface area contributed by atoms with E-state index in [1.807, 2.05) is 0 Å². The molecule has 0 aliphatic rings. The molecular formula is C38H33N9O22S4. The van der Waals surface area contributed by atoms with Crippen LogP contribution >= 0.6 is 0 Å². The van der Waals surface area contributed by atoms with E-state index in [1.165, 1.54) is 0 Å². The van der Waals surface area contributed by atoms with Gasteiger partial charge < -0.3 is 40.3 Å². The number of aromatic hydroxyl groups is 2. The van der Waals surface area contributed by atoms with Gasteiger partial charge in [0.05, 0.1) is 29.2 Å². The first kappa shape index (κ1) is 54.2. The van der Waals surface area contributed by atoms with Crippen molar-refractivity contribution < 1.29 is 96.5 Å². The number of aromatic nitrogens is 2. The second-order valence-electron chi connectivity index (χ2n) is 14.3. The van der Waals surface area contributed by atoms with Crippen LogP contribution in [0.15, 0.2) is 122 Å². The molecule has 31 nitrogen and oxygen atoms in total. The Morgan fingerprint density at radius 1 is 0.616 bits per heavy atom. The van der Waals surface area contributed by atoms with E-state index in [1.54, 1.807) is 0 Å². The minimum atomic E-state index is -5.53. The molecule has 1 amide bonds. The SMILES string of the molecule is CC(=O)Nc1ccc(N=Nc2c(S(=O)(=O)O)cc3cc(S(=O)(=O)O)c(N=Nc4cc(OCCO)c(N=Nc5c(C(=O)O)[nH]n(-c6ccc(S(=O)(=O)O)cc6)c5=O)cc4OCCO)c(O)c3c2O)c(S(=O)(=O)O)c1. The molecule has 73 heavy (non-hydrogen) atoms. The maximum atomic E-state index is 13.4. The Kier molecular flexibility index (Phi) is 15.5. The first-order chi connectivity index (χ1) is 34.0. The first-order valence-electron chi connectivity index (χ1n) is 19.5. The molecule has 0 saturated carbocycles. The van der Waals surface area contributed by atoms with E-state index in [0.29, 0.717) is 16.8 Å². The molecule has 0 atom stereocenters. The third-order valence-electron chi connectivity index (χ3n) is 9.35. The van der Waals surface area contributed by atoms with Crippen LogP contribution in [0.5, 0.6) is 23.0 Å². The maximum absolute atomic E-state index is 13.4. The number of aliphatic hydroxyl groups is 2. The molecule has 0 saturated heterocycles. The van der Waals surface area contributed by atoms with Crippen LogP contribution in [0.4, 0.5) is 39.8 Å². The number of azo groups is 3. The number of fused-ring (bicyclic) bond motifs is 1. The Morgan fingerprint density at radius 3 is 1.51 bits per heavy atom. The second kappa shape index (κ2) is 20.9. The van der Waals surface area contributed by atoms with Crippen molar-refractivity contribution in [1.29, 1.82) is 0 Å². The monoisotopic (exact) mass is 1100 g/mol. The number of amides is 1. The summed E-state index contributed by atoms with van der Waals surface area (Å²) in [6.45, 7) is -1.28. The fraction of sp³-hybridized carbons (Fsp3) is 0.132. The summed E-state index contributed by atoms with van der Waals surface area (Å²) < 4.78 is 149. The van der Waals surface area contributed by atoms with Gasteiger partial charge in [0, 0.05) is 24.7 Å². The van der Waals surface area contributed by atoms with Crippen LogP contribution in [-0.4, -0.2) is 125 Å². The molecule has 0 aliphatic heterocycles. The van der Waals surface area contributed by atoms with Gasteiger partial charge in [-0.15, -0.1) is 30.7 Å². The summed E-state index contributed by atoms with van der Waals surface area (Å²) in [4.78, 5) is 32.9. The maximum Gasteiger partial charge on any atom is 0.356 e. The number of benzene rings is 5. The lowest BCUT2D eigenvalue weighted by atomic mass is 10.1. The van der Waals surface area contributed by atoms with Crippen molar-refractivity contribution in [2.45, 2.75) is 26.5 Å². The molecule has 0 spiro atoms. The molecule has 5 aromatic carbocycles. The standard InChI is InChI=1S/C38H33N9O22S4/c1-17(50)39-19-2-7-22(27(14-19)71(59,60)61)40-43-31-28(72(62,63)64)12-18-13-29(73(65,66)67)32(36(52)30(18)35(31)51)44-41-23-15-26(69-11-9-49)24(16-25(23)68-10-8-48)42-45-33-34(38(54)55)46-47(37(33)53)20-3-5-21(6-4-20)70(56,57)58/h2-7,12-16,46,48-49,51-52H,8-11H2,1H3,(H,39,50)(H,54,55)(H,56,57,58)(H,59,60,61)(H,62,63,64)(H,65,66,67). The van der Waals surface area contributed by atoms with E-state index in [2.05, 4.69) is 41.1 Å². The molecule has 0 aliphatic carbocycles. The Bertz CT molecular complexity index is 3860. The summed E-state index contributed by atoms with van der Waals surface area (Å²) in [5.41, 5.74) is -7.24. The van der Waals surface area contributed by atoms with Crippen LogP contribution < -0.4 is 20.3 Å². The number of aromatic amines is 1. The second-order valence-corrected chi connectivity index (χ2v) is 19.9. The number of carboxylic acids is 1. The van der Waals surface area contributed by atoms with E-state index in [0.717, 1.165) is 61.5 Å². The number of ether oxygens (including phenoxy) is 2. The normalized spacial score (nSPS) is 12.6. The van der Waals surface area contributed by atoms with Gasteiger partial charge in [0.15, 0.2) is 22.9 Å². The summed E-state index contributed by atoms with van der Waals surface area (Å²) in [7, 11) is -20.9. The molecule has 0 bridgehead atoms. The van der Waals surface area contributed by atoms with Crippen molar-refractivity contribution in [1.82, 2.24) is 9.78 Å². The van der Waals surface area contributed by atoms with Gasteiger partial charge in [0.25, 0.3) is 46.0 Å². The Balaban J connectivity index is 1.52. The van der Waals surface area contributed by atoms with Gasteiger partial charge in [-0.05, 0) is 60.0 Å². The highest BCUT2D eigenvalue weighted by molar-refractivity contribution is 7.86. The van der Waals surface area contributed by atoms with E-state index < -0.39 is 178 Å². The molecule has 0 fully saturated rings. The van der Waals surface area contributed by atoms with Crippen molar-refractivity contribution in [2.24, 2.45) is 30.7 Å². The molecule has 6 rings (SSSR count). The van der Waals surface area contributed by atoms with Gasteiger partial charge in [0.1, 0.15) is 67.8 Å². The van der Waals surface area contributed by atoms with E-state index >= 15 is 0 Å². The van der Waals surface area contributed by atoms with Gasteiger partial charge in [0.2, 0.25) is 5.91 Å². The Hall–Kier alpha value is -8.13. The number of H-pyrrole nitrogens is 1. The van der Waals surface area contributed by atoms with Crippen LogP contribution in [0.25, 0.3) is 16.5 Å². The molecule has 11 N–H and O–H groups in total. The van der Waals surface area contributed by atoms with Crippen LogP contribution in [-0.2, 0) is 45.3 Å². The van der Waals surface area contributed by atoms with Crippen molar-refractivity contribution in [3.8, 4) is 28.7 Å². The molecule has 0 unspecified atom stereocenters. The first-order valence-corrected chi connectivity index (χ1v) is 25.3. The summed E-state index contributed by atoms with van der Waals surface area (Å²) in [5.74, 6) is -6.06. The lowest BCUT2D eigenvalue weighted by Gasteiger charge is -2.14. The van der Waals surface area contributed by atoms with Crippen molar-refractivity contribution in [3.63, 3.8) is 0 Å². The lowest BCUT2D eigenvalue weighted by Crippen LogP contribution is -2.14. The average molecular weight is 1100 g/mol. The van der Waals surface area contributed by atoms with E-state index in [9.17, 15) is 91.8 Å². The zero-order valence-corrected chi connectivity index (χ0v) is 39.5. The fourth-order valence-electron chi connectivity index (χ4n) is 6.30. The molecule has 0 radical (unpaired) electrons. The van der Waals surface area contributed by atoms with Crippen LogP contribution in [0.1, 0.15) is 17.4 Å². The number of hydrogen-bond donors (Lipinski definition) is 11. The number of nitrogens with zero attached hydrogens (tertiary/aromatic N) is 7. The highest BCUT2D eigenvalue weighted by Gasteiger charge is 2.30. The lowest BCUT2D eigenvalue weighted by molar-refractivity contribution is -0.114. The summed E-state index contributed by atoms with van der Waals surface area (Å²) in [5, 5.41) is 77.2. The minimum absolute atomic E-state index is 0.124. The third kappa shape index (κ3) is 12.1. The number of rotatable bonds is 19. The number of anilines is 1.